The summed E-state index contributed by atoms with van der Waals surface area (Å²) in [5, 5.41) is 9.60. The van der Waals surface area contributed by atoms with E-state index in [1.807, 2.05) is 31.2 Å². The summed E-state index contributed by atoms with van der Waals surface area (Å²) in [6, 6.07) is 7.72. The van der Waals surface area contributed by atoms with Crippen molar-refractivity contribution in [3.8, 4) is 5.75 Å². The molecule has 4 heteroatoms. The number of ether oxygens (including phenoxy) is 3. The fraction of sp³-hybridized carbons (Fsp3) is 0.647. The van der Waals surface area contributed by atoms with Gasteiger partial charge in [0, 0.05) is 18.1 Å². The van der Waals surface area contributed by atoms with Gasteiger partial charge in [-0.25, -0.2) is 0 Å². The molecule has 1 aromatic rings. The summed E-state index contributed by atoms with van der Waals surface area (Å²) in [4.78, 5) is 0. The Bertz CT molecular complexity index is 417. The highest BCUT2D eigenvalue weighted by molar-refractivity contribution is 5.28. The average molecular weight is 294 g/mol. The third-order valence-electron chi connectivity index (χ3n) is 4.10. The molecule has 0 saturated carbocycles. The van der Waals surface area contributed by atoms with E-state index in [1.54, 1.807) is 7.11 Å². The molecule has 1 heterocycles. The summed E-state index contributed by atoms with van der Waals surface area (Å²) in [5.74, 6) is 0.959. The van der Waals surface area contributed by atoms with Crippen molar-refractivity contribution < 1.29 is 19.3 Å². The van der Waals surface area contributed by atoms with Gasteiger partial charge in [0.1, 0.15) is 5.75 Å². The standard InChI is InChI=1S/C17H26O4/c1-4-5-6-14(11-18)16-12(2)20-17(21-16)13-7-9-15(19-3)10-8-13/h7-10,12,14,16-18H,4-6,11H2,1-3H3/t12-,14-,16+,17?/m0/s1. The fourth-order valence-electron chi connectivity index (χ4n) is 2.80. The number of aliphatic hydroxyl groups excluding tert-OH is 1. The summed E-state index contributed by atoms with van der Waals surface area (Å²) in [6.07, 6.45) is 2.79. The summed E-state index contributed by atoms with van der Waals surface area (Å²) < 4.78 is 17.1. The minimum absolute atomic E-state index is 0.00823. The van der Waals surface area contributed by atoms with Gasteiger partial charge in [-0.1, -0.05) is 31.9 Å². The molecule has 0 radical (unpaired) electrons. The maximum absolute atomic E-state index is 9.60. The third kappa shape index (κ3) is 3.96. The molecule has 1 saturated heterocycles. The molecule has 1 aromatic carbocycles. The Labute approximate surface area is 127 Å². The molecule has 4 atom stereocenters. The Morgan fingerprint density at radius 1 is 1.24 bits per heavy atom. The van der Waals surface area contributed by atoms with Crippen LogP contribution in [0.5, 0.6) is 5.75 Å². The van der Waals surface area contributed by atoms with Crippen LogP contribution in [0.3, 0.4) is 0 Å². The molecule has 0 spiro atoms. The van der Waals surface area contributed by atoms with Gasteiger partial charge in [0.2, 0.25) is 0 Å². The summed E-state index contributed by atoms with van der Waals surface area (Å²) >= 11 is 0. The molecule has 1 aliphatic heterocycles. The molecule has 4 nitrogen and oxygen atoms in total. The van der Waals surface area contributed by atoms with Crippen LogP contribution in [0, 0.1) is 5.92 Å². The lowest BCUT2D eigenvalue weighted by molar-refractivity contribution is -0.0775. The molecule has 118 valence electrons. The second kappa shape index (κ2) is 7.78. The Morgan fingerprint density at radius 3 is 2.52 bits per heavy atom. The van der Waals surface area contributed by atoms with Crippen molar-refractivity contribution in [2.24, 2.45) is 5.92 Å². The number of hydrogen-bond donors (Lipinski definition) is 1. The van der Waals surface area contributed by atoms with Gasteiger partial charge >= 0.3 is 0 Å². The number of hydrogen-bond acceptors (Lipinski definition) is 4. The second-order valence-corrected chi connectivity index (χ2v) is 5.63. The first kappa shape index (κ1) is 16.3. The average Bonchev–Trinajstić information content (AvgIpc) is 2.90. The Morgan fingerprint density at radius 2 is 1.95 bits per heavy atom. The predicted molar refractivity (Wildman–Crippen MR) is 81.3 cm³/mol. The zero-order valence-electron chi connectivity index (χ0n) is 13.1. The van der Waals surface area contributed by atoms with Crippen LogP contribution in [0.15, 0.2) is 24.3 Å². The molecule has 0 bridgehead atoms. The topological polar surface area (TPSA) is 47.9 Å². The molecule has 1 unspecified atom stereocenters. The monoisotopic (exact) mass is 294 g/mol. The van der Waals surface area contributed by atoms with Gasteiger partial charge in [-0.2, -0.15) is 0 Å². The van der Waals surface area contributed by atoms with Crippen LogP contribution in [0.4, 0.5) is 0 Å². The van der Waals surface area contributed by atoms with Crippen LogP contribution < -0.4 is 4.74 Å². The van der Waals surface area contributed by atoms with Gasteiger partial charge in [0.25, 0.3) is 0 Å². The van der Waals surface area contributed by atoms with Gasteiger partial charge in [-0.05, 0) is 25.5 Å². The first-order valence-electron chi connectivity index (χ1n) is 7.75. The molecule has 2 rings (SSSR count). The van der Waals surface area contributed by atoms with Crippen molar-refractivity contribution in [1.82, 2.24) is 0 Å². The molecule has 0 aliphatic carbocycles. The summed E-state index contributed by atoms with van der Waals surface area (Å²) in [5.41, 5.74) is 0.984. The van der Waals surface area contributed by atoms with Crippen molar-refractivity contribution >= 4 is 0 Å². The minimum atomic E-state index is -0.355. The van der Waals surface area contributed by atoms with E-state index in [2.05, 4.69) is 6.92 Å². The quantitative estimate of drug-likeness (QED) is 0.838. The SMILES string of the molecule is CCCC[C@@H](CO)[C@@H]1OC(c2ccc(OC)cc2)O[C@H]1C. The highest BCUT2D eigenvalue weighted by atomic mass is 16.7. The second-order valence-electron chi connectivity index (χ2n) is 5.63. The summed E-state index contributed by atoms with van der Waals surface area (Å²) in [7, 11) is 1.65. The number of methoxy groups -OCH3 is 1. The van der Waals surface area contributed by atoms with Gasteiger partial charge < -0.3 is 19.3 Å². The molecule has 1 aliphatic rings. The predicted octanol–water partition coefficient (Wildman–Crippen LogP) is 3.30. The maximum atomic E-state index is 9.60. The van der Waals surface area contributed by atoms with Crippen LogP contribution in [0.2, 0.25) is 0 Å². The Kier molecular flexibility index (Phi) is 6.03. The van der Waals surface area contributed by atoms with Gasteiger partial charge in [-0.3, -0.25) is 0 Å². The van der Waals surface area contributed by atoms with E-state index in [4.69, 9.17) is 14.2 Å². The van der Waals surface area contributed by atoms with Crippen LogP contribution in [0.25, 0.3) is 0 Å². The van der Waals surface area contributed by atoms with Crippen molar-refractivity contribution in [2.45, 2.75) is 51.6 Å². The molecular weight excluding hydrogens is 268 g/mol. The van der Waals surface area contributed by atoms with E-state index in [1.165, 1.54) is 0 Å². The smallest absolute Gasteiger partial charge is 0.184 e. The van der Waals surface area contributed by atoms with E-state index in [9.17, 15) is 5.11 Å². The van der Waals surface area contributed by atoms with E-state index in [0.29, 0.717) is 0 Å². The first-order chi connectivity index (χ1) is 10.2. The molecule has 1 N–H and O–H groups in total. The van der Waals surface area contributed by atoms with Gasteiger partial charge in [-0.15, -0.1) is 0 Å². The largest absolute Gasteiger partial charge is 0.497 e. The van der Waals surface area contributed by atoms with Crippen molar-refractivity contribution in [3.63, 3.8) is 0 Å². The van der Waals surface area contributed by atoms with E-state index < -0.39 is 0 Å². The molecule has 0 aromatic heterocycles. The van der Waals surface area contributed by atoms with E-state index in [0.717, 1.165) is 30.6 Å². The minimum Gasteiger partial charge on any atom is -0.497 e. The van der Waals surface area contributed by atoms with Gasteiger partial charge in [0.15, 0.2) is 6.29 Å². The maximum Gasteiger partial charge on any atom is 0.184 e. The molecule has 1 fully saturated rings. The highest BCUT2D eigenvalue weighted by Gasteiger charge is 2.38. The zero-order valence-corrected chi connectivity index (χ0v) is 13.1. The van der Waals surface area contributed by atoms with E-state index in [-0.39, 0.29) is 31.0 Å². The van der Waals surface area contributed by atoms with Crippen molar-refractivity contribution in [1.29, 1.82) is 0 Å². The molecule has 0 amide bonds. The first-order valence-corrected chi connectivity index (χ1v) is 7.75. The third-order valence-corrected chi connectivity index (χ3v) is 4.10. The molecule has 21 heavy (non-hydrogen) atoms. The van der Waals surface area contributed by atoms with Gasteiger partial charge in [0.05, 0.1) is 19.3 Å². The van der Waals surface area contributed by atoms with Crippen LogP contribution in [-0.4, -0.2) is 31.0 Å². The number of rotatable bonds is 7. The Balaban J connectivity index is 2.01. The number of benzene rings is 1. The highest BCUT2D eigenvalue weighted by Crippen LogP contribution is 2.36. The van der Waals surface area contributed by atoms with Crippen LogP contribution >= 0.6 is 0 Å². The van der Waals surface area contributed by atoms with E-state index >= 15 is 0 Å². The molecular formula is C17H26O4. The number of aliphatic hydroxyl groups is 1. The van der Waals surface area contributed by atoms with Crippen LogP contribution in [-0.2, 0) is 9.47 Å². The van der Waals surface area contributed by atoms with Crippen LogP contribution in [0.1, 0.15) is 45.0 Å². The normalized spacial score (nSPS) is 26.8. The number of unbranched alkanes of at least 4 members (excludes halogenated alkanes) is 1. The van der Waals surface area contributed by atoms with Crippen molar-refractivity contribution in [2.75, 3.05) is 13.7 Å². The summed E-state index contributed by atoms with van der Waals surface area (Å²) in [6.45, 7) is 4.32. The lowest BCUT2D eigenvalue weighted by atomic mass is 9.94. The van der Waals surface area contributed by atoms with Crippen molar-refractivity contribution in [3.05, 3.63) is 29.8 Å². The lowest BCUT2D eigenvalue weighted by Crippen LogP contribution is -2.31. The zero-order chi connectivity index (χ0) is 15.2. The lowest BCUT2D eigenvalue weighted by Gasteiger charge is -2.22. The Hall–Kier alpha value is -1.10. The fourth-order valence-corrected chi connectivity index (χ4v) is 2.80.